The first-order valence-corrected chi connectivity index (χ1v) is 15.8. The van der Waals surface area contributed by atoms with Crippen molar-refractivity contribution in [3.63, 3.8) is 0 Å². The normalized spacial score (nSPS) is 14.4. The molecule has 1 atom stereocenters. The van der Waals surface area contributed by atoms with Crippen LogP contribution in [-0.4, -0.2) is 49.6 Å². The lowest BCUT2D eigenvalue weighted by Gasteiger charge is -2.38. The van der Waals surface area contributed by atoms with E-state index < -0.39 is 11.6 Å². The zero-order valence-corrected chi connectivity index (χ0v) is 26.8. The average Bonchev–Trinajstić information content (AvgIpc) is 3.08. The number of fused-ring (bicyclic) bond motifs is 2. The Kier molecular flexibility index (Phi) is 9.63. The summed E-state index contributed by atoms with van der Waals surface area (Å²) in [6.07, 6.45) is 2.05. The van der Waals surface area contributed by atoms with Crippen LogP contribution in [0.15, 0.2) is 84.9 Å². The molecule has 0 saturated carbocycles. The Balaban J connectivity index is 1.15. The number of carbonyl (C=O) groups excluding carboxylic acids is 1. The number of aromatic nitrogens is 1. The summed E-state index contributed by atoms with van der Waals surface area (Å²) in [5.41, 5.74) is 7.11. The van der Waals surface area contributed by atoms with E-state index in [1.54, 1.807) is 26.4 Å². The van der Waals surface area contributed by atoms with Crippen molar-refractivity contribution in [1.82, 2.24) is 15.2 Å². The second-order valence-electron chi connectivity index (χ2n) is 11.8. The molecule has 47 heavy (non-hydrogen) atoms. The third-order valence-corrected chi connectivity index (χ3v) is 8.74. The van der Waals surface area contributed by atoms with E-state index in [0.29, 0.717) is 43.0 Å². The van der Waals surface area contributed by atoms with Gasteiger partial charge >= 0.3 is 0 Å². The molecule has 9 heteroatoms. The summed E-state index contributed by atoms with van der Waals surface area (Å²) in [7, 11) is 3.23. The van der Waals surface area contributed by atoms with Crippen molar-refractivity contribution in [1.29, 1.82) is 0 Å². The molecule has 1 aliphatic heterocycles. The summed E-state index contributed by atoms with van der Waals surface area (Å²) >= 11 is 0. The quantitative estimate of drug-likeness (QED) is 0.156. The van der Waals surface area contributed by atoms with Crippen LogP contribution in [0.1, 0.15) is 45.2 Å². The van der Waals surface area contributed by atoms with Crippen molar-refractivity contribution in [2.24, 2.45) is 0 Å². The molecule has 2 N–H and O–H groups in total. The van der Waals surface area contributed by atoms with Gasteiger partial charge in [-0.25, -0.2) is 8.78 Å². The molecule has 1 amide bonds. The van der Waals surface area contributed by atoms with Crippen molar-refractivity contribution in [2.45, 2.75) is 32.2 Å². The summed E-state index contributed by atoms with van der Waals surface area (Å²) in [5.74, 6) is -0.543. The van der Waals surface area contributed by atoms with Crippen molar-refractivity contribution in [2.75, 3.05) is 39.2 Å². The highest BCUT2D eigenvalue weighted by Gasteiger charge is 2.29. The number of halogens is 2. The molecule has 5 aromatic rings. The van der Waals surface area contributed by atoms with Crippen molar-refractivity contribution < 1.29 is 23.0 Å². The maximum Gasteiger partial charge on any atom is 0.251 e. The number of methoxy groups -OCH3 is 2. The minimum absolute atomic E-state index is 0.0188. The fourth-order valence-corrected chi connectivity index (χ4v) is 6.40. The number of anilines is 2. The van der Waals surface area contributed by atoms with E-state index in [4.69, 9.17) is 9.47 Å². The predicted molar refractivity (Wildman–Crippen MR) is 181 cm³/mol. The Morgan fingerprint density at radius 1 is 0.936 bits per heavy atom. The lowest BCUT2D eigenvalue weighted by molar-refractivity contribution is 0.0940. The molecule has 6 rings (SSSR count). The summed E-state index contributed by atoms with van der Waals surface area (Å²) in [4.78, 5) is 20.2. The maximum absolute atomic E-state index is 14.0. The smallest absolute Gasteiger partial charge is 0.251 e. The van der Waals surface area contributed by atoms with E-state index in [0.717, 1.165) is 52.1 Å². The van der Waals surface area contributed by atoms with Gasteiger partial charge in [0, 0.05) is 53.7 Å². The number of nitrogens with zero attached hydrogens (tertiary/aromatic N) is 2. The molecule has 7 nitrogen and oxygen atoms in total. The third-order valence-electron chi connectivity index (χ3n) is 8.74. The number of ether oxygens (including phenoxy) is 2. The van der Waals surface area contributed by atoms with Crippen LogP contribution in [0.5, 0.6) is 11.5 Å². The number of hydrogen-bond donors (Lipinski definition) is 2. The van der Waals surface area contributed by atoms with Gasteiger partial charge in [-0.15, -0.1) is 0 Å². The number of hydrogen-bond acceptors (Lipinski definition) is 6. The molecular formula is C38H38F2N4O3. The van der Waals surface area contributed by atoms with Crippen LogP contribution in [0.25, 0.3) is 10.9 Å². The Morgan fingerprint density at radius 2 is 1.74 bits per heavy atom. The van der Waals surface area contributed by atoms with E-state index in [1.165, 1.54) is 17.7 Å². The molecule has 1 aromatic heterocycles. The first-order valence-electron chi connectivity index (χ1n) is 15.8. The number of aryl methyl sites for hydroxylation is 2. The number of benzene rings is 4. The number of carbonyl (C=O) groups is 1. The van der Waals surface area contributed by atoms with E-state index in [1.807, 2.05) is 67.6 Å². The minimum Gasteiger partial charge on any atom is -0.493 e. The molecule has 4 aromatic carbocycles. The molecule has 1 aliphatic rings. The molecule has 0 bridgehead atoms. The molecule has 0 aliphatic carbocycles. The van der Waals surface area contributed by atoms with Gasteiger partial charge in [0.1, 0.15) is 0 Å². The van der Waals surface area contributed by atoms with Gasteiger partial charge in [-0.2, -0.15) is 0 Å². The van der Waals surface area contributed by atoms with E-state index in [9.17, 15) is 13.6 Å². The van der Waals surface area contributed by atoms with Crippen LogP contribution >= 0.6 is 0 Å². The number of amides is 1. The Bertz CT molecular complexity index is 1910. The number of nitrogens with one attached hydrogen (secondary N) is 2. The van der Waals surface area contributed by atoms with Gasteiger partial charge in [0.15, 0.2) is 23.1 Å². The van der Waals surface area contributed by atoms with Gasteiger partial charge in [0.05, 0.1) is 19.7 Å². The second kappa shape index (κ2) is 14.2. The molecule has 1 unspecified atom stereocenters. The van der Waals surface area contributed by atoms with Gasteiger partial charge in [-0.05, 0) is 97.5 Å². The van der Waals surface area contributed by atoms with E-state index in [2.05, 4.69) is 20.5 Å². The van der Waals surface area contributed by atoms with Gasteiger partial charge in [-0.1, -0.05) is 30.3 Å². The largest absolute Gasteiger partial charge is 0.493 e. The van der Waals surface area contributed by atoms with Crippen LogP contribution in [0.4, 0.5) is 20.2 Å². The van der Waals surface area contributed by atoms with Crippen LogP contribution in [0.2, 0.25) is 0 Å². The Hall–Kier alpha value is -5.02. The summed E-state index contributed by atoms with van der Waals surface area (Å²) in [6, 6.07) is 25.5. The molecule has 0 radical (unpaired) electrons. The third kappa shape index (κ3) is 7.20. The van der Waals surface area contributed by atoms with Crippen LogP contribution < -0.4 is 20.1 Å². The van der Waals surface area contributed by atoms with Gasteiger partial charge < -0.3 is 20.1 Å². The second-order valence-corrected chi connectivity index (χ2v) is 11.8. The van der Waals surface area contributed by atoms with Gasteiger partial charge in [0.2, 0.25) is 0 Å². The molecule has 242 valence electrons. The average molecular weight is 637 g/mol. The molecule has 0 spiro atoms. The van der Waals surface area contributed by atoms with Crippen LogP contribution in [0, 0.1) is 18.6 Å². The summed E-state index contributed by atoms with van der Waals surface area (Å²) in [6.45, 7) is 3.79. The first kappa shape index (κ1) is 31.9. The molecule has 0 fully saturated rings. The molecule has 0 saturated heterocycles. The molecule has 2 heterocycles. The topological polar surface area (TPSA) is 75.7 Å². The van der Waals surface area contributed by atoms with Crippen molar-refractivity contribution >= 4 is 28.2 Å². The van der Waals surface area contributed by atoms with Crippen molar-refractivity contribution in [3.8, 4) is 11.5 Å². The zero-order valence-electron chi connectivity index (χ0n) is 26.8. The fourth-order valence-electron chi connectivity index (χ4n) is 6.40. The number of para-hydroxylation sites is 1. The highest BCUT2D eigenvalue weighted by atomic mass is 19.2. The van der Waals surface area contributed by atoms with Crippen LogP contribution in [-0.2, 0) is 12.8 Å². The fraction of sp³-hybridized carbons (Fsp3) is 0.263. The van der Waals surface area contributed by atoms with E-state index >= 15 is 0 Å². The highest BCUT2D eigenvalue weighted by molar-refractivity contribution is 5.96. The standard InChI is InChI=1S/C38H38F2N4O3/c1-24-19-34(29-9-4-5-10-33(29)42-24)43-28-8-6-7-27(21-28)38(45)41-16-18-44-17-15-26-22-36(46-2)37(47-3)23-30(26)35(44)14-12-25-11-13-31(39)32(40)20-25/h4-11,13,19-23,35H,12,14-18H2,1-3H3,(H,41,45)(H,42,43). The summed E-state index contributed by atoms with van der Waals surface area (Å²) in [5, 5.41) is 7.57. The lowest BCUT2D eigenvalue weighted by atomic mass is 9.88. The Morgan fingerprint density at radius 3 is 2.55 bits per heavy atom. The predicted octanol–water partition coefficient (Wildman–Crippen LogP) is 7.54. The lowest BCUT2D eigenvalue weighted by Crippen LogP contribution is -2.41. The summed E-state index contributed by atoms with van der Waals surface area (Å²) < 4.78 is 38.7. The van der Waals surface area contributed by atoms with Gasteiger partial charge in [0.25, 0.3) is 5.91 Å². The van der Waals surface area contributed by atoms with E-state index in [-0.39, 0.29) is 11.9 Å². The maximum atomic E-state index is 14.0. The van der Waals surface area contributed by atoms with Crippen molar-refractivity contribution in [3.05, 3.63) is 125 Å². The SMILES string of the molecule is COc1cc2c(cc1OC)C(CCc1ccc(F)c(F)c1)N(CCNC(=O)c1cccc(Nc3cc(C)nc4ccccc34)c1)CC2. The minimum atomic E-state index is -0.853. The number of pyridine rings is 1. The zero-order chi connectivity index (χ0) is 32.9. The van der Waals surface area contributed by atoms with Crippen LogP contribution in [0.3, 0.4) is 0 Å². The molecular weight excluding hydrogens is 598 g/mol. The van der Waals surface area contributed by atoms with Gasteiger partial charge in [-0.3, -0.25) is 14.7 Å². The Labute approximate surface area is 273 Å². The monoisotopic (exact) mass is 636 g/mol. The number of rotatable bonds is 11. The first-order chi connectivity index (χ1) is 22.8. The highest BCUT2D eigenvalue weighted by Crippen LogP contribution is 2.40.